The molecule has 134 valence electrons. The zero-order chi connectivity index (χ0) is 16.7. The standard InChI is InChI=1S/C20H39N3/c1-17(2)22-12-8-20(9-13-22)15-21(16-20)14-18-6-10-23(11-7-18)19(3,4)5/h17-18H,6-16H2,1-5H3. The molecule has 0 aliphatic carbocycles. The maximum atomic E-state index is 2.77. The number of hydrogen-bond acceptors (Lipinski definition) is 3. The summed E-state index contributed by atoms with van der Waals surface area (Å²) >= 11 is 0. The van der Waals surface area contributed by atoms with E-state index >= 15 is 0 Å². The first-order valence-corrected chi connectivity index (χ1v) is 9.99. The van der Waals surface area contributed by atoms with Crippen molar-refractivity contribution in [1.82, 2.24) is 14.7 Å². The highest BCUT2D eigenvalue weighted by Gasteiger charge is 2.45. The second kappa shape index (κ2) is 6.65. The number of likely N-dealkylation sites (tertiary alicyclic amines) is 3. The molecule has 0 unspecified atom stereocenters. The van der Waals surface area contributed by atoms with Crippen LogP contribution in [-0.4, -0.2) is 72.1 Å². The van der Waals surface area contributed by atoms with Crippen LogP contribution < -0.4 is 0 Å². The van der Waals surface area contributed by atoms with Crippen molar-refractivity contribution >= 4 is 0 Å². The lowest BCUT2D eigenvalue weighted by Crippen LogP contribution is -2.61. The number of hydrogen-bond donors (Lipinski definition) is 0. The van der Waals surface area contributed by atoms with Crippen molar-refractivity contribution in [1.29, 1.82) is 0 Å². The predicted octanol–water partition coefficient (Wildman–Crippen LogP) is 3.30. The van der Waals surface area contributed by atoms with Gasteiger partial charge in [-0.25, -0.2) is 0 Å². The van der Waals surface area contributed by atoms with E-state index in [1.165, 1.54) is 71.5 Å². The topological polar surface area (TPSA) is 9.72 Å². The Bertz CT molecular complexity index is 374. The van der Waals surface area contributed by atoms with E-state index < -0.39 is 0 Å². The largest absolute Gasteiger partial charge is 0.302 e. The molecule has 3 aliphatic rings. The van der Waals surface area contributed by atoms with Gasteiger partial charge in [0.2, 0.25) is 0 Å². The Balaban J connectivity index is 1.37. The summed E-state index contributed by atoms with van der Waals surface area (Å²) in [6.07, 6.45) is 5.68. The highest BCUT2D eigenvalue weighted by molar-refractivity contribution is 4.99. The fraction of sp³-hybridized carbons (Fsp3) is 1.00. The molecule has 3 saturated heterocycles. The Labute approximate surface area is 144 Å². The third-order valence-electron chi connectivity index (χ3n) is 6.79. The quantitative estimate of drug-likeness (QED) is 0.790. The van der Waals surface area contributed by atoms with Gasteiger partial charge < -0.3 is 9.80 Å². The average molecular weight is 322 g/mol. The highest BCUT2D eigenvalue weighted by Crippen LogP contribution is 2.41. The second-order valence-electron chi connectivity index (χ2n) is 9.90. The molecule has 0 bridgehead atoms. The lowest BCUT2D eigenvalue weighted by molar-refractivity contribution is -0.0624. The summed E-state index contributed by atoms with van der Waals surface area (Å²) < 4.78 is 0. The molecular weight excluding hydrogens is 282 g/mol. The van der Waals surface area contributed by atoms with Crippen LogP contribution in [-0.2, 0) is 0 Å². The van der Waals surface area contributed by atoms with Gasteiger partial charge in [0, 0.05) is 31.2 Å². The maximum absolute atomic E-state index is 2.77. The molecule has 3 heterocycles. The van der Waals surface area contributed by atoms with Crippen molar-refractivity contribution in [2.75, 3.05) is 45.8 Å². The van der Waals surface area contributed by atoms with Crippen LogP contribution in [0.2, 0.25) is 0 Å². The van der Waals surface area contributed by atoms with Gasteiger partial charge in [-0.2, -0.15) is 0 Å². The monoisotopic (exact) mass is 321 g/mol. The molecule has 3 heteroatoms. The fourth-order valence-electron chi connectivity index (χ4n) is 5.01. The molecule has 0 aromatic rings. The van der Waals surface area contributed by atoms with Crippen molar-refractivity contribution < 1.29 is 0 Å². The van der Waals surface area contributed by atoms with Crippen molar-refractivity contribution in [2.45, 2.75) is 71.9 Å². The van der Waals surface area contributed by atoms with E-state index in [1.807, 2.05) is 0 Å². The lowest BCUT2D eigenvalue weighted by Gasteiger charge is -2.55. The zero-order valence-electron chi connectivity index (χ0n) is 16.3. The Morgan fingerprint density at radius 3 is 2.00 bits per heavy atom. The average Bonchev–Trinajstić information content (AvgIpc) is 2.46. The van der Waals surface area contributed by atoms with Crippen LogP contribution in [0.15, 0.2) is 0 Å². The lowest BCUT2D eigenvalue weighted by atomic mass is 9.71. The van der Waals surface area contributed by atoms with Gasteiger partial charge >= 0.3 is 0 Å². The molecule has 3 rings (SSSR count). The van der Waals surface area contributed by atoms with Crippen molar-refractivity contribution in [2.24, 2.45) is 11.3 Å². The Kier molecular flexibility index (Phi) is 5.11. The van der Waals surface area contributed by atoms with Gasteiger partial charge in [-0.15, -0.1) is 0 Å². The number of piperidine rings is 2. The summed E-state index contributed by atoms with van der Waals surface area (Å²) in [4.78, 5) is 8.10. The first-order chi connectivity index (χ1) is 10.8. The maximum Gasteiger partial charge on any atom is 0.0125 e. The van der Waals surface area contributed by atoms with Crippen LogP contribution in [0.4, 0.5) is 0 Å². The zero-order valence-corrected chi connectivity index (χ0v) is 16.3. The SMILES string of the molecule is CC(C)N1CCC2(CC1)CN(CC1CCN(C(C)(C)C)CC1)C2. The highest BCUT2D eigenvalue weighted by atomic mass is 15.2. The van der Waals surface area contributed by atoms with Crippen LogP contribution in [0, 0.1) is 11.3 Å². The Hall–Kier alpha value is -0.120. The van der Waals surface area contributed by atoms with Crippen LogP contribution in [0.25, 0.3) is 0 Å². The van der Waals surface area contributed by atoms with Gasteiger partial charge in [0.05, 0.1) is 0 Å². The van der Waals surface area contributed by atoms with E-state index in [9.17, 15) is 0 Å². The summed E-state index contributed by atoms with van der Waals surface area (Å²) in [5.74, 6) is 0.946. The molecule has 0 saturated carbocycles. The number of rotatable bonds is 3. The first-order valence-electron chi connectivity index (χ1n) is 9.99. The van der Waals surface area contributed by atoms with Gasteiger partial charge in [0.15, 0.2) is 0 Å². The van der Waals surface area contributed by atoms with E-state index in [0.29, 0.717) is 11.0 Å². The molecule has 0 radical (unpaired) electrons. The summed E-state index contributed by atoms with van der Waals surface area (Å²) in [7, 11) is 0. The van der Waals surface area contributed by atoms with Gasteiger partial charge in [-0.05, 0) is 97.8 Å². The minimum absolute atomic E-state index is 0.357. The summed E-state index contributed by atoms with van der Waals surface area (Å²) in [5, 5.41) is 0. The van der Waals surface area contributed by atoms with Gasteiger partial charge in [-0.3, -0.25) is 4.90 Å². The number of nitrogens with zero attached hydrogens (tertiary/aromatic N) is 3. The molecule has 1 spiro atoms. The van der Waals surface area contributed by atoms with E-state index in [1.54, 1.807) is 0 Å². The third kappa shape index (κ3) is 4.11. The van der Waals surface area contributed by atoms with Gasteiger partial charge in [-0.1, -0.05) is 0 Å². The van der Waals surface area contributed by atoms with Crippen molar-refractivity contribution in [3.63, 3.8) is 0 Å². The predicted molar refractivity (Wildman–Crippen MR) is 98.9 cm³/mol. The van der Waals surface area contributed by atoms with E-state index in [2.05, 4.69) is 49.3 Å². The van der Waals surface area contributed by atoms with Crippen LogP contribution in [0.3, 0.4) is 0 Å². The molecular formula is C20H39N3. The van der Waals surface area contributed by atoms with Crippen molar-refractivity contribution in [3.8, 4) is 0 Å². The summed E-state index contributed by atoms with van der Waals surface area (Å²) in [5.41, 5.74) is 1.05. The molecule has 23 heavy (non-hydrogen) atoms. The molecule has 0 aromatic carbocycles. The molecule has 0 N–H and O–H groups in total. The van der Waals surface area contributed by atoms with Gasteiger partial charge in [0.25, 0.3) is 0 Å². The third-order valence-corrected chi connectivity index (χ3v) is 6.79. The Morgan fingerprint density at radius 2 is 1.52 bits per heavy atom. The molecule has 0 amide bonds. The van der Waals surface area contributed by atoms with Crippen molar-refractivity contribution in [3.05, 3.63) is 0 Å². The van der Waals surface area contributed by atoms with E-state index in [-0.39, 0.29) is 0 Å². The molecule has 3 fully saturated rings. The first kappa shape index (κ1) is 17.7. The molecule has 3 aliphatic heterocycles. The minimum atomic E-state index is 0.357. The minimum Gasteiger partial charge on any atom is -0.302 e. The molecule has 0 aromatic heterocycles. The Morgan fingerprint density at radius 1 is 0.957 bits per heavy atom. The van der Waals surface area contributed by atoms with E-state index in [0.717, 1.165) is 12.0 Å². The molecule has 0 atom stereocenters. The fourth-order valence-corrected chi connectivity index (χ4v) is 5.01. The second-order valence-corrected chi connectivity index (χ2v) is 9.90. The molecule has 3 nitrogen and oxygen atoms in total. The van der Waals surface area contributed by atoms with Crippen LogP contribution >= 0.6 is 0 Å². The van der Waals surface area contributed by atoms with Crippen LogP contribution in [0.1, 0.15) is 60.3 Å². The normalized spacial score (nSPS) is 28.4. The smallest absolute Gasteiger partial charge is 0.0125 e. The van der Waals surface area contributed by atoms with Crippen LogP contribution in [0.5, 0.6) is 0 Å². The summed E-state index contributed by atoms with van der Waals surface area (Å²) in [6, 6.07) is 0.733. The summed E-state index contributed by atoms with van der Waals surface area (Å²) in [6.45, 7) is 21.2. The van der Waals surface area contributed by atoms with Gasteiger partial charge in [0.1, 0.15) is 0 Å². The van der Waals surface area contributed by atoms with E-state index in [4.69, 9.17) is 0 Å².